The molecule has 5 heteroatoms. The summed E-state index contributed by atoms with van der Waals surface area (Å²) in [6.45, 7) is 3.09. The van der Waals surface area contributed by atoms with Crippen LogP contribution in [0.1, 0.15) is 18.9 Å². The Labute approximate surface area is 122 Å². The first-order valence-electron chi connectivity index (χ1n) is 7.26. The number of hydrogen-bond donors (Lipinski definition) is 2. The molecule has 1 aliphatic heterocycles. The number of nitrogens with one attached hydrogen (secondary N) is 1. The van der Waals surface area contributed by atoms with Gasteiger partial charge in [-0.3, -0.25) is 4.79 Å². The van der Waals surface area contributed by atoms with Crippen LogP contribution in [0.4, 0.5) is 4.39 Å². The lowest BCUT2D eigenvalue weighted by atomic mass is 10.0. The lowest BCUT2D eigenvalue weighted by molar-refractivity contribution is -0.129. The Balaban J connectivity index is 1.72. The predicted octanol–water partition coefficient (Wildman–Crippen LogP) is 2.08. The van der Waals surface area contributed by atoms with Crippen molar-refractivity contribution in [3.05, 3.63) is 35.8 Å². The van der Waals surface area contributed by atoms with Gasteiger partial charge in [-0.2, -0.15) is 0 Å². The van der Waals surface area contributed by atoms with E-state index in [9.17, 15) is 14.3 Å². The minimum absolute atomic E-state index is 0.0587. The molecule has 0 saturated carbocycles. The van der Waals surface area contributed by atoms with Crippen LogP contribution >= 0.6 is 0 Å². The zero-order valence-corrected chi connectivity index (χ0v) is 12.0. The molecule has 0 radical (unpaired) electrons. The summed E-state index contributed by atoms with van der Waals surface area (Å²) in [5.74, 6) is -0.0593. The Hall–Kier alpha value is -1.88. The number of fused-ring (bicyclic) bond motifs is 1. The molecular formula is C16H19FN2O2. The van der Waals surface area contributed by atoms with Gasteiger partial charge in [-0.05, 0) is 37.1 Å². The molecule has 1 aromatic carbocycles. The lowest BCUT2D eigenvalue weighted by Crippen LogP contribution is -2.31. The molecule has 2 unspecified atom stereocenters. The highest BCUT2D eigenvalue weighted by Gasteiger charge is 2.29. The van der Waals surface area contributed by atoms with Crippen molar-refractivity contribution in [2.45, 2.75) is 25.9 Å². The lowest BCUT2D eigenvalue weighted by Gasteiger charge is -2.17. The molecule has 3 rings (SSSR count). The van der Waals surface area contributed by atoms with Crippen molar-refractivity contribution in [3.8, 4) is 0 Å². The fourth-order valence-corrected chi connectivity index (χ4v) is 2.99. The second kappa shape index (κ2) is 5.48. The van der Waals surface area contributed by atoms with Crippen molar-refractivity contribution < 1.29 is 14.3 Å². The molecule has 2 aromatic rings. The fraction of sp³-hybridized carbons (Fsp3) is 0.438. The molecule has 4 nitrogen and oxygen atoms in total. The van der Waals surface area contributed by atoms with Gasteiger partial charge in [0.2, 0.25) is 5.91 Å². The van der Waals surface area contributed by atoms with E-state index in [-0.39, 0.29) is 23.7 Å². The SMILES string of the molecule is CC(O)C1CCN(C(=O)Cc2c[nH]c3cc(F)ccc23)C1. The number of rotatable bonds is 3. The van der Waals surface area contributed by atoms with Crippen LogP contribution in [0.2, 0.25) is 0 Å². The van der Waals surface area contributed by atoms with Gasteiger partial charge < -0.3 is 15.0 Å². The number of carbonyl (C=O) groups is 1. The molecule has 112 valence electrons. The second-order valence-corrected chi connectivity index (χ2v) is 5.81. The first kappa shape index (κ1) is 14.1. The van der Waals surface area contributed by atoms with Crippen LogP contribution in [-0.4, -0.2) is 40.1 Å². The normalized spacial score (nSPS) is 20.1. The van der Waals surface area contributed by atoms with E-state index in [2.05, 4.69) is 4.98 Å². The van der Waals surface area contributed by atoms with E-state index in [0.29, 0.717) is 25.0 Å². The molecular weight excluding hydrogens is 271 g/mol. The predicted molar refractivity (Wildman–Crippen MR) is 78.3 cm³/mol. The number of halogens is 1. The van der Waals surface area contributed by atoms with Gasteiger partial charge in [0.05, 0.1) is 12.5 Å². The van der Waals surface area contributed by atoms with Crippen molar-refractivity contribution in [1.82, 2.24) is 9.88 Å². The Bertz CT molecular complexity index is 665. The molecule has 2 heterocycles. The van der Waals surface area contributed by atoms with Crippen LogP contribution in [0.15, 0.2) is 24.4 Å². The van der Waals surface area contributed by atoms with E-state index >= 15 is 0 Å². The van der Waals surface area contributed by atoms with E-state index in [1.165, 1.54) is 12.1 Å². The highest BCUT2D eigenvalue weighted by molar-refractivity contribution is 5.89. The number of benzene rings is 1. The van der Waals surface area contributed by atoms with Crippen LogP contribution in [0.3, 0.4) is 0 Å². The van der Waals surface area contributed by atoms with E-state index in [0.717, 1.165) is 17.4 Å². The summed E-state index contributed by atoms with van der Waals surface area (Å²) in [4.78, 5) is 17.2. The minimum Gasteiger partial charge on any atom is -0.393 e. The summed E-state index contributed by atoms with van der Waals surface area (Å²) in [5, 5.41) is 10.5. The van der Waals surface area contributed by atoms with Crippen LogP contribution in [0, 0.1) is 11.7 Å². The van der Waals surface area contributed by atoms with E-state index in [4.69, 9.17) is 0 Å². The Morgan fingerprint density at radius 3 is 3.10 bits per heavy atom. The largest absolute Gasteiger partial charge is 0.393 e. The van der Waals surface area contributed by atoms with E-state index < -0.39 is 0 Å². The Morgan fingerprint density at radius 2 is 2.38 bits per heavy atom. The number of aromatic nitrogens is 1. The average molecular weight is 290 g/mol. The molecule has 2 N–H and O–H groups in total. The first-order chi connectivity index (χ1) is 10.0. The molecule has 1 aromatic heterocycles. The van der Waals surface area contributed by atoms with Gasteiger partial charge in [-0.25, -0.2) is 4.39 Å². The van der Waals surface area contributed by atoms with Crippen molar-refractivity contribution in [2.24, 2.45) is 5.92 Å². The number of aromatic amines is 1. The number of hydrogen-bond acceptors (Lipinski definition) is 2. The topological polar surface area (TPSA) is 56.3 Å². The van der Waals surface area contributed by atoms with Crippen molar-refractivity contribution in [3.63, 3.8) is 0 Å². The zero-order chi connectivity index (χ0) is 15.0. The summed E-state index contributed by atoms with van der Waals surface area (Å²) in [6, 6.07) is 4.54. The number of amides is 1. The minimum atomic E-state index is -0.376. The first-order valence-corrected chi connectivity index (χ1v) is 7.26. The second-order valence-electron chi connectivity index (χ2n) is 5.81. The molecule has 1 amide bonds. The van der Waals surface area contributed by atoms with Crippen LogP contribution in [0.5, 0.6) is 0 Å². The quantitative estimate of drug-likeness (QED) is 0.909. The van der Waals surface area contributed by atoms with E-state index in [1.54, 1.807) is 24.1 Å². The van der Waals surface area contributed by atoms with Crippen molar-refractivity contribution in [2.75, 3.05) is 13.1 Å². The summed E-state index contributed by atoms with van der Waals surface area (Å²) in [7, 11) is 0. The molecule has 1 aliphatic rings. The molecule has 2 atom stereocenters. The zero-order valence-electron chi connectivity index (χ0n) is 12.0. The summed E-state index contributed by atoms with van der Waals surface area (Å²) >= 11 is 0. The maximum atomic E-state index is 13.2. The maximum absolute atomic E-state index is 13.2. The maximum Gasteiger partial charge on any atom is 0.227 e. The summed E-state index contributed by atoms with van der Waals surface area (Å²) in [6.07, 6.45) is 2.55. The van der Waals surface area contributed by atoms with Crippen molar-refractivity contribution in [1.29, 1.82) is 0 Å². The highest BCUT2D eigenvalue weighted by atomic mass is 19.1. The third-order valence-corrected chi connectivity index (χ3v) is 4.33. The molecule has 0 spiro atoms. The molecule has 0 aliphatic carbocycles. The van der Waals surface area contributed by atoms with Gasteiger partial charge in [0.25, 0.3) is 0 Å². The van der Waals surface area contributed by atoms with Gasteiger partial charge >= 0.3 is 0 Å². The van der Waals surface area contributed by atoms with Crippen molar-refractivity contribution >= 4 is 16.8 Å². The molecule has 1 fully saturated rings. The smallest absolute Gasteiger partial charge is 0.227 e. The molecule has 0 bridgehead atoms. The summed E-state index contributed by atoms with van der Waals surface area (Å²) in [5.41, 5.74) is 1.59. The Morgan fingerprint density at radius 1 is 1.57 bits per heavy atom. The monoisotopic (exact) mass is 290 g/mol. The fourth-order valence-electron chi connectivity index (χ4n) is 2.99. The third-order valence-electron chi connectivity index (χ3n) is 4.33. The van der Waals surface area contributed by atoms with Gasteiger partial charge in [0, 0.05) is 36.1 Å². The number of nitrogens with zero attached hydrogens (tertiary/aromatic N) is 1. The standard InChI is InChI=1S/C16H19FN2O2/c1-10(20)11-4-5-19(9-11)16(21)6-12-8-18-15-7-13(17)2-3-14(12)15/h2-3,7-8,10-11,18,20H,4-6,9H2,1H3. The van der Waals surface area contributed by atoms with E-state index in [1.807, 2.05) is 0 Å². The van der Waals surface area contributed by atoms with Gasteiger partial charge in [0.15, 0.2) is 0 Å². The Kier molecular flexibility index (Phi) is 3.68. The molecule has 21 heavy (non-hydrogen) atoms. The summed E-state index contributed by atoms with van der Waals surface area (Å²) < 4.78 is 13.2. The van der Waals surface area contributed by atoms with Crippen LogP contribution in [-0.2, 0) is 11.2 Å². The number of H-pyrrole nitrogens is 1. The van der Waals surface area contributed by atoms with Gasteiger partial charge in [0.1, 0.15) is 5.82 Å². The van der Waals surface area contributed by atoms with Gasteiger partial charge in [-0.1, -0.05) is 0 Å². The van der Waals surface area contributed by atoms with Crippen LogP contribution in [0.25, 0.3) is 10.9 Å². The average Bonchev–Trinajstić information content (AvgIpc) is 3.06. The molecule has 1 saturated heterocycles. The van der Waals surface area contributed by atoms with Gasteiger partial charge in [-0.15, -0.1) is 0 Å². The third kappa shape index (κ3) is 2.78. The highest BCUT2D eigenvalue weighted by Crippen LogP contribution is 2.23. The number of carbonyl (C=O) groups excluding carboxylic acids is 1. The number of likely N-dealkylation sites (tertiary alicyclic amines) is 1. The van der Waals surface area contributed by atoms with Crippen LogP contribution < -0.4 is 0 Å². The number of aliphatic hydroxyl groups is 1. The number of aliphatic hydroxyl groups excluding tert-OH is 1.